The van der Waals surface area contributed by atoms with Gasteiger partial charge in [-0.1, -0.05) is 38.5 Å². The van der Waals surface area contributed by atoms with Gasteiger partial charge in [-0.15, -0.1) is 11.3 Å². The van der Waals surface area contributed by atoms with Crippen molar-refractivity contribution in [3.63, 3.8) is 0 Å². The highest BCUT2D eigenvalue weighted by Crippen LogP contribution is 2.27. The molecule has 8 nitrogen and oxygen atoms in total. The molecule has 1 aromatic heterocycles. The van der Waals surface area contributed by atoms with Crippen LogP contribution in [-0.4, -0.2) is 42.3 Å². The van der Waals surface area contributed by atoms with E-state index >= 15 is 0 Å². The van der Waals surface area contributed by atoms with Gasteiger partial charge in [0, 0.05) is 4.88 Å². The van der Waals surface area contributed by atoms with Gasteiger partial charge < -0.3 is 14.8 Å². The Morgan fingerprint density at radius 3 is 2.31 bits per heavy atom. The van der Waals surface area contributed by atoms with Gasteiger partial charge in [0.1, 0.15) is 0 Å². The van der Waals surface area contributed by atoms with Crippen LogP contribution in [0.2, 0.25) is 0 Å². The SMILES string of the molecule is CC1(C(=O)NNCC(=O)Nc2nc3c(s2)CCCCCCCCCC3)OCCO1. The number of rotatable bonds is 5. The largest absolute Gasteiger partial charge is 0.340 e. The molecule has 0 radical (unpaired) electrons. The van der Waals surface area contributed by atoms with E-state index in [-0.39, 0.29) is 12.5 Å². The fourth-order valence-electron chi connectivity index (χ4n) is 3.59. The fourth-order valence-corrected chi connectivity index (χ4v) is 4.66. The summed E-state index contributed by atoms with van der Waals surface area (Å²) in [5.74, 6) is -2.02. The molecule has 29 heavy (non-hydrogen) atoms. The van der Waals surface area contributed by atoms with Gasteiger partial charge in [-0.3, -0.25) is 15.0 Å². The van der Waals surface area contributed by atoms with Crippen molar-refractivity contribution >= 4 is 28.3 Å². The molecular formula is C20H32N4O4S. The second-order valence-corrected chi connectivity index (χ2v) is 8.80. The van der Waals surface area contributed by atoms with Crippen molar-refractivity contribution in [1.82, 2.24) is 15.8 Å². The third-order valence-corrected chi connectivity index (χ3v) is 6.37. The standard InChI is InChI=1S/C20H32N4O4S/c1-20(27-12-13-28-20)18(26)24-21-14-17(25)23-19-22-15-10-8-6-4-2-3-5-7-9-11-16(15)29-19/h21H,2-14H2,1H3,(H,24,26)(H,22,23,25). The van der Waals surface area contributed by atoms with Crippen LogP contribution in [0.5, 0.6) is 0 Å². The molecule has 2 aliphatic rings. The van der Waals surface area contributed by atoms with Crippen LogP contribution in [0.1, 0.15) is 68.9 Å². The predicted octanol–water partition coefficient (Wildman–Crippen LogP) is 2.68. The van der Waals surface area contributed by atoms with Crippen molar-refractivity contribution in [3.8, 4) is 0 Å². The van der Waals surface area contributed by atoms with Crippen LogP contribution in [0.25, 0.3) is 0 Å². The fraction of sp³-hybridized carbons (Fsp3) is 0.750. The minimum Gasteiger partial charge on any atom is -0.340 e. The topological polar surface area (TPSA) is 102 Å². The van der Waals surface area contributed by atoms with Crippen LogP contribution in [0.4, 0.5) is 5.13 Å². The molecule has 1 saturated heterocycles. The van der Waals surface area contributed by atoms with E-state index in [9.17, 15) is 9.59 Å². The number of hydrazine groups is 1. The third-order valence-electron chi connectivity index (χ3n) is 5.29. The van der Waals surface area contributed by atoms with Crippen LogP contribution < -0.4 is 16.2 Å². The van der Waals surface area contributed by atoms with E-state index in [0.717, 1.165) is 25.0 Å². The van der Waals surface area contributed by atoms with Crippen LogP contribution in [0.15, 0.2) is 0 Å². The number of aromatic nitrogens is 1. The molecule has 0 bridgehead atoms. The maximum absolute atomic E-state index is 12.2. The van der Waals surface area contributed by atoms with Gasteiger partial charge in [-0.05, 0) is 32.6 Å². The van der Waals surface area contributed by atoms with Gasteiger partial charge in [0.15, 0.2) is 5.13 Å². The first-order valence-corrected chi connectivity index (χ1v) is 11.5. The summed E-state index contributed by atoms with van der Waals surface area (Å²) in [6, 6.07) is 0. The molecule has 3 N–H and O–H groups in total. The van der Waals surface area contributed by atoms with Crippen LogP contribution in [0, 0.1) is 0 Å². The van der Waals surface area contributed by atoms with E-state index in [0.29, 0.717) is 18.3 Å². The summed E-state index contributed by atoms with van der Waals surface area (Å²) >= 11 is 1.58. The lowest BCUT2D eigenvalue weighted by atomic mass is 10.0. The van der Waals surface area contributed by atoms with Gasteiger partial charge >= 0.3 is 0 Å². The smallest absolute Gasteiger partial charge is 0.294 e. The van der Waals surface area contributed by atoms with E-state index in [1.807, 2.05) is 0 Å². The lowest BCUT2D eigenvalue weighted by Gasteiger charge is -2.20. The van der Waals surface area contributed by atoms with Crippen LogP contribution in [-0.2, 0) is 31.9 Å². The third kappa shape index (κ3) is 6.74. The van der Waals surface area contributed by atoms with Gasteiger partial charge in [0.25, 0.3) is 5.91 Å². The summed E-state index contributed by atoms with van der Waals surface area (Å²) in [7, 11) is 0. The van der Waals surface area contributed by atoms with Gasteiger partial charge in [-0.2, -0.15) is 0 Å². The summed E-state index contributed by atoms with van der Waals surface area (Å²) in [6.07, 6.45) is 12.2. The van der Waals surface area contributed by atoms with Crippen molar-refractivity contribution in [2.45, 2.75) is 76.9 Å². The highest BCUT2D eigenvalue weighted by atomic mass is 32.1. The molecule has 162 valence electrons. The van der Waals surface area contributed by atoms with Gasteiger partial charge in [0.2, 0.25) is 11.7 Å². The predicted molar refractivity (Wildman–Crippen MR) is 112 cm³/mol. The Labute approximate surface area is 176 Å². The minimum atomic E-state index is -1.30. The Morgan fingerprint density at radius 2 is 1.62 bits per heavy atom. The minimum absolute atomic E-state index is 0.0634. The van der Waals surface area contributed by atoms with Crippen molar-refractivity contribution in [2.75, 3.05) is 25.1 Å². The first-order chi connectivity index (χ1) is 14.1. The number of ether oxygens (including phenoxy) is 2. The van der Waals surface area contributed by atoms with Crippen LogP contribution in [0.3, 0.4) is 0 Å². The monoisotopic (exact) mass is 424 g/mol. The maximum Gasteiger partial charge on any atom is 0.294 e. The molecule has 0 spiro atoms. The summed E-state index contributed by atoms with van der Waals surface area (Å²) in [6.45, 7) is 2.24. The summed E-state index contributed by atoms with van der Waals surface area (Å²) < 4.78 is 10.5. The number of thiazole rings is 1. The summed E-state index contributed by atoms with van der Waals surface area (Å²) in [5, 5.41) is 3.48. The summed E-state index contributed by atoms with van der Waals surface area (Å²) in [4.78, 5) is 30.2. The van der Waals surface area contributed by atoms with Gasteiger partial charge in [-0.25, -0.2) is 10.4 Å². The highest BCUT2D eigenvalue weighted by molar-refractivity contribution is 7.15. The van der Waals surface area contributed by atoms with Crippen molar-refractivity contribution in [3.05, 3.63) is 10.6 Å². The van der Waals surface area contributed by atoms with E-state index < -0.39 is 11.7 Å². The second-order valence-electron chi connectivity index (χ2n) is 7.72. The quantitative estimate of drug-likeness (QED) is 0.628. The number of nitrogens with one attached hydrogen (secondary N) is 3. The first-order valence-electron chi connectivity index (χ1n) is 10.7. The molecule has 1 fully saturated rings. The van der Waals surface area contributed by atoms with E-state index in [1.54, 1.807) is 18.3 Å². The second kappa shape index (κ2) is 11.0. The average Bonchev–Trinajstić information content (AvgIpc) is 3.29. The molecular weight excluding hydrogens is 392 g/mol. The molecule has 2 amide bonds. The van der Waals surface area contributed by atoms with E-state index in [2.05, 4.69) is 21.2 Å². The van der Waals surface area contributed by atoms with E-state index in [1.165, 1.54) is 49.8 Å². The van der Waals surface area contributed by atoms with Crippen molar-refractivity contribution in [1.29, 1.82) is 0 Å². The van der Waals surface area contributed by atoms with E-state index in [4.69, 9.17) is 9.47 Å². The molecule has 1 aliphatic carbocycles. The molecule has 0 saturated carbocycles. The lowest BCUT2D eigenvalue weighted by Crippen LogP contribution is -2.52. The molecule has 9 heteroatoms. The lowest BCUT2D eigenvalue weighted by molar-refractivity contribution is -0.177. The first kappa shape index (κ1) is 22.1. The zero-order valence-electron chi connectivity index (χ0n) is 17.2. The van der Waals surface area contributed by atoms with Crippen molar-refractivity contribution < 1.29 is 19.1 Å². The average molecular weight is 425 g/mol. The Kier molecular flexibility index (Phi) is 8.40. The number of anilines is 1. The number of fused-ring (bicyclic) bond motifs is 1. The molecule has 2 heterocycles. The van der Waals surface area contributed by atoms with Gasteiger partial charge in [0.05, 0.1) is 25.5 Å². The molecule has 1 aromatic rings. The Balaban J connectivity index is 1.47. The molecule has 1 aliphatic heterocycles. The normalized spacial score (nSPS) is 20.2. The Bertz CT molecular complexity index is 659. The highest BCUT2D eigenvalue weighted by Gasteiger charge is 2.39. The van der Waals surface area contributed by atoms with Crippen LogP contribution >= 0.6 is 11.3 Å². The van der Waals surface area contributed by atoms with Crippen molar-refractivity contribution in [2.24, 2.45) is 0 Å². The number of carbonyl (C=O) groups is 2. The summed E-state index contributed by atoms with van der Waals surface area (Å²) in [5.41, 5.74) is 6.22. The zero-order valence-corrected chi connectivity index (χ0v) is 18.0. The molecule has 0 atom stereocenters. The Hall–Kier alpha value is -1.55. The maximum atomic E-state index is 12.2. The number of carbonyl (C=O) groups excluding carboxylic acids is 2. The molecule has 0 unspecified atom stereocenters. The Morgan fingerprint density at radius 1 is 1.00 bits per heavy atom. The zero-order chi connectivity index (χ0) is 20.5. The number of aryl methyl sites for hydroxylation is 2. The number of nitrogens with zero attached hydrogens (tertiary/aromatic N) is 1. The number of amides is 2. The molecule has 0 aromatic carbocycles. The molecule has 3 rings (SSSR count). The number of hydrogen-bond donors (Lipinski definition) is 3. The number of hydrogen-bond acceptors (Lipinski definition) is 7.